The smallest absolute Gasteiger partial charge is 0.255 e. The summed E-state index contributed by atoms with van der Waals surface area (Å²) in [5.41, 5.74) is 2.90. The van der Waals surface area contributed by atoms with Crippen molar-refractivity contribution in [2.24, 2.45) is 0 Å². The van der Waals surface area contributed by atoms with Gasteiger partial charge in [-0.15, -0.1) is 0 Å². The highest BCUT2D eigenvalue weighted by Gasteiger charge is 2.17. The average molecular weight is 336 g/mol. The summed E-state index contributed by atoms with van der Waals surface area (Å²) in [5, 5.41) is 5.43. The molecule has 0 saturated heterocycles. The molecule has 1 aliphatic rings. The van der Waals surface area contributed by atoms with Gasteiger partial charge in [0.15, 0.2) is 0 Å². The predicted octanol–water partition coefficient (Wildman–Crippen LogP) is 4.35. The minimum absolute atomic E-state index is 0.202. The first-order valence-corrected chi connectivity index (χ1v) is 8.91. The van der Waals surface area contributed by atoms with E-state index in [1.165, 1.54) is 37.7 Å². The van der Waals surface area contributed by atoms with Crippen molar-refractivity contribution in [2.75, 3.05) is 12.4 Å². The molecule has 1 saturated carbocycles. The largest absolute Gasteiger partial charge is 0.355 e. The van der Waals surface area contributed by atoms with Crippen molar-refractivity contribution in [3.8, 4) is 0 Å². The minimum Gasteiger partial charge on any atom is -0.355 e. The van der Waals surface area contributed by atoms with Crippen LogP contribution < -0.4 is 10.6 Å². The van der Waals surface area contributed by atoms with Gasteiger partial charge in [0.2, 0.25) is 0 Å². The molecule has 3 rings (SSSR count). The third-order valence-corrected chi connectivity index (χ3v) is 4.90. The summed E-state index contributed by atoms with van der Waals surface area (Å²) in [6, 6.07) is 14.9. The van der Waals surface area contributed by atoms with Crippen molar-refractivity contribution in [3.63, 3.8) is 0 Å². The van der Waals surface area contributed by atoms with Gasteiger partial charge in [0, 0.05) is 12.6 Å². The number of carbonyl (C=O) groups excluding carboxylic acids is 2. The summed E-state index contributed by atoms with van der Waals surface area (Å²) in [7, 11) is 1.57. The van der Waals surface area contributed by atoms with Crippen molar-refractivity contribution in [2.45, 2.75) is 38.0 Å². The Hall–Kier alpha value is -2.62. The molecule has 2 aromatic rings. The molecule has 1 aliphatic carbocycles. The molecule has 25 heavy (non-hydrogen) atoms. The van der Waals surface area contributed by atoms with Gasteiger partial charge < -0.3 is 10.6 Å². The van der Waals surface area contributed by atoms with E-state index in [1.54, 1.807) is 31.3 Å². The third-order valence-electron chi connectivity index (χ3n) is 4.90. The SMILES string of the molecule is CNC(=O)c1ccccc1NC(=O)c1ccc(C2CCCCC2)cc1. The quantitative estimate of drug-likeness (QED) is 0.872. The van der Waals surface area contributed by atoms with Crippen LogP contribution in [0.4, 0.5) is 5.69 Å². The number of hydrogen-bond donors (Lipinski definition) is 2. The average Bonchev–Trinajstić information content (AvgIpc) is 2.68. The second kappa shape index (κ2) is 7.97. The normalized spacial score (nSPS) is 14.8. The van der Waals surface area contributed by atoms with Gasteiger partial charge in [0.05, 0.1) is 11.3 Å². The standard InChI is InChI=1S/C21H24N2O2/c1-22-21(25)18-9-5-6-10-19(18)23-20(24)17-13-11-16(12-14-17)15-7-3-2-4-8-15/h5-6,9-15H,2-4,7-8H2,1H3,(H,22,25)(H,23,24). The maximum absolute atomic E-state index is 12.5. The van der Waals surface area contributed by atoms with Crippen LogP contribution in [0.25, 0.3) is 0 Å². The van der Waals surface area contributed by atoms with E-state index in [-0.39, 0.29) is 11.8 Å². The Kier molecular flexibility index (Phi) is 5.49. The highest BCUT2D eigenvalue weighted by atomic mass is 16.2. The molecule has 130 valence electrons. The Morgan fingerprint density at radius 1 is 0.880 bits per heavy atom. The number of amides is 2. The van der Waals surface area contributed by atoms with Crippen molar-refractivity contribution < 1.29 is 9.59 Å². The van der Waals surface area contributed by atoms with Crippen molar-refractivity contribution in [3.05, 3.63) is 65.2 Å². The molecule has 0 aliphatic heterocycles. The molecule has 0 spiro atoms. The summed E-state index contributed by atoms with van der Waals surface area (Å²) in [5.74, 6) is 0.204. The fourth-order valence-corrected chi connectivity index (χ4v) is 3.46. The van der Waals surface area contributed by atoms with Gasteiger partial charge in [-0.25, -0.2) is 0 Å². The molecule has 0 heterocycles. The van der Waals surface area contributed by atoms with Gasteiger partial charge in [0.1, 0.15) is 0 Å². The van der Waals surface area contributed by atoms with Crippen LogP contribution in [0.5, 0.6) is 0 Å². The minimum atomic E-state index is -0.219. The molecular formula is C21H24N2O2. The molecule has 0 atom stereocenters. The Bertz CT molecular complexity index is 747. The zero-order chi connectivity index (χ0) is 17.6. The molecule has 1 fully saturated rings. The first-order valence-electron chi connectivity index (χ1n) is 8.91. The van der Waals surface area contributed by atoms with Crippen molar-refractivity contribution >= 4 is 17.5 Å². The zero-order valence-electron chi connectivity index (χ0n) is 14.5. The molecule has 0 unspecified atom stereocenters. The second-order valence-corrected chi connectivity index (χ2v) is 6.54. The number of carbonyl (C=O) groups is 2. The number of anilines is 1. The van der Waals surface area contributed by atoms with Gasteiger partial charge in [-0.3, -0.25) is 9.59 Å². The maximum atomic E-state index is 12.5. The molecule has 4 heteroatoms. The van der Waals surface area contributed by atoms with Crippen LogP contribution in [0.15, 0.2) is 48.5 Å². The number of benzene rings is 2. The van der Waals surface area contributed by atoms with Crippen molar-refractivity contribution in [1.82, 2.24) is 5.32 Å². The van der Waals surface area contributed by atoms with Gasteiger partial charge in [0.25, 0.3) is 11.8 Å². The molecule has 2 amide bonds. The molecule has 2 aromatic carbocycles. The molecule has 0 aromatic heterocycles. The third kappa shape index (κ3) is 4.08. The van der Waals surface area contributed by atoms with E-state index in [1.807, 2.05) is 12.1 Å². The monoisotopic (exact) mass is 336 g/mol. The highest BCUT2D eigenvalue weighted by molar-refractivity contribution is 6.08. The molecule has 2 N–H and O–H groups in total. The summed E-state index contributed by atoms with van der Waals surface area (Å²) < 4.78 is 0. The van der Waals surface area contributed by atoms with E-state index in [4.69, 9.17) is 0 Å². The lowest BCUT2D eigenvalue weighted by Gasteiger charge is -2.22. The van der Waals surface area contributed by atoms with Gasteiger partial charge in [-0.2, -0.15) is 0 Å². The lowest BCUT2D eigenvalue weighted by Crippen LogP contribution is -2.21. The first-order chi connectivity index (χ1) is 12.2. The van der Waals surface area contributed by atoms with E-state index in [2.05, 4.69) is 22.8 Å². The topological polar surface area (TPSA) is 58.2 Å². The van der Waals surface area contributed by atoms with Crippen LogP contribution in [-0.2, 0) is 0 Å². The summed E-state index contributed by atoms with van der Waals surface area (Å²) in [6.45, 7) is 0. The zero-order valence-corrected chi connectivity index (χ0v) is 14.5. The van der Waals surface area contributed by atoms with Crippen LogP contribution in [-0.4, -0.2) is 18.9 Å². The summed E-state index contributed by atoms with van der Waals surface area (Å²) in [6.07, 6.45) is 6.41. The highest BCUT2D eigenvalue weighted by Crippen LogP contribution is 2.32. The van der Waals surface area contributed by atoms with E-state index in [0.29, 0.717) is 22.7 Å². The Morgan fingerprint density at radius 2 is 1.56 bits per heavy atom. The number of rotatable bonds is 4. The van der Waals surface area contributed by atoms with Crippen LogP contribution in [0.2, 0.25) is 0 Å². The molecule has 4 nitrogen and oxygen atoms in total. The molecular weight excluding hydrogens is 312 g/mol. The van der Waals surface area contributed by atoms with E-state index in [0.717, 1.165) is 0 Å². The van der Waals surface area contributed by atoms with Crippen molar-refractivity contribution in [1.29, 1.82) is 0 Å². The lowest BCUT2D eigenvalue weighted by atomic mass is 9.84. The van der Waals surface area contributed by atoms with Crippen LogP contribution >= 0.6 is 0 Å². The van der Waals surface area contributed by atoms with Gasteiger partial charge in [-0.05, 0) is 48.6 Å². The Morgan fingerprint density at radius 3 is 2.24 bits per heavy atom. The number of para-hydroxylation sites is 1. The lowest BCUT2D eigenvalue weighted by molar-refractivity contribution is 0.0964. The fraction of sp³-hybridized carbons (Fsp3) is 0.333. The maximum Gasteiger partial charge on any atom is 0.255 e. The summed E-state index contributed by atoms with van der Waals surface area (Å²) >= 11 is 0. The fourth-order valence-electron chi connectivity index (χ4n) is 3.46. The first kappa shape index (κ1) is 17.2. The number of hydrogen-bond acceptors (Lipinski definition) is 2. The van der Waals surface area contributed by atoms with E-state index in [9.17, 15) is 9.59 Å². The van der Waals surface area contributed by atoms with E-state index < -0.39 is 0 Å². The van der Waals surface area contributed by atoms with Crippen LogP contribution in [0, 0.1) is 0 Å². The second-order valence-electron chi connectivity index (χ2n) is 6.54. The number of nitrogens with one attached hydrogen (secondary N) is 2. The Balaban J connectivity index is 1.72. The van der Waals surface area contributed by atoms with Gasteiger partial charge >= 0.3 is 0 Å². The molecule has 0 radical (unpaired) electrons. The Labute approximate surface area is 148 Å². The van der Waals surface area contributed by atoms with Crippen LogP contribution in [0.3, 0.4) is 0 Å². The van der Waals surface area contributed by atoms with Crippen LogP contribution in [0.1, 0.15) is 64.3 Å². The predicted molar refractivity (Wildman–Crippen MR) is 100 cm³/mol. The summed E-state index contributed by atoms with van der Waals surface area (Å²) in [4.78, 5) is 24.4. The van der Waals surface area contributed by atoms with Gasteiger partial charge in [-0.1, -0.05) is 43.5 Å². The molecule has 0 bridgehead atoms. The van der Waals surface area contributed by atoms with E-state index >= 15 is 0 Å².